The van der Waals surface area contributed by atoms with Gasteiger partial charge in [-0.15, -0.1) is 0 Å². The summed E-state index contributed by atoms with van der Waals surface area (Å²) in [6.45, 7) is 12.0. The molecule has 0 aromatic carbocycles. The lowest BCUT2D eigenvalue weighted by Crippen LogP contribution is -2.59. The number of hydrogen-bond acceptors (Lipinski definition) is 2. The summed E-state index contributed by atoms with van der Waals surface area (Å²) in [5.74, 6) is 3.75. The van der Waals surface area contributed by atoms with Gasteiger partial charge in [-0.05, 0) is 104 Å². The Morgan fingerprint density at radius 1 is 1.04 bits per heavy atom. The Bertz CT molecular complexity index is 612. The van der Waals surface area contributed by atoms with Gasteiger partial charge in [0.25, 0.3) is 0 Å². The van der Waals surface area contributed by atoms with E-state index in [4.69, 9.17) is 0 Å². The van der Waals surface area contributed by atoms with Crippen LogP contribution >= 0.6 is 0 Å². The Kier molecular flexibility index (Phi) is 5.54. The van der Waals surface area contributed by atoms with Gasteiger partial charge in [0.15, 0.2) is 0 Å². The minimum atomic E-state index is -0.289. The van der Waals surface area contributed by atoms with Crippen molar-refractivity contribution in [3.8, 4) is 0 Å². The Hall–Kier alpha value is -0.340. The van der Waals surface area contributed by atoms with E-state index >= 15 is 0 Å². The molecule has 160 valence electrons. The van der Waals surface area contributed by atoms with Crippen molar-refractivity contribution in [2.24, 2.45) is 46.3 Å². The van der Waals surface area contributed by atoms with Gasteiger partial charge in [0.2, 0.25) is 0 Å². The topological polar surface area (TPSA) is 40.5 Å². The lowest BCUT2D eigenvalue weighted by atomic mass is 9.42. The summed E-state index contributed by atoms with van der Waals surface area (Å²) in [5, 5.41) is 22.0. The van der Waals surface area contributed by atoms with Crippen molar-refractivity contribution in [2.75, 3.05) is 0 Å². The largest absolute Gasteiger partial charge is 0.393 e. The van der Waals surface area contributed by atoms with Gasteiger partial charge in [0.05, 0.1) is 12.2 Å². The van der Waals surface area contributed by atoms with E-state index in [1.54, 1.807) is 0 Å². The highest BCUT2D eigenvalue weighted by Gasteiger charge is 2.63. The molecule has 0 radical (unpaired) electrons. The maximum Gasteiger partial charge on any atom is 0.0786 e. The molecule has 28 heavy (non-hydrogen) atoms. The van der Waals surface area contributed by atoms with Crippen LogP contribution in [0.3, 0.4) is 0 Å². The summed E-state index contributed by atoms with van der Waals surface area (Å²) >= 11 is 0. The van der Waals surface area contributed by atoms with Crippen molar-refractivity contribution < 1.29 is 10.2 Å². The Morgan fingerprint density at radius 3 is 2.39 bits per heavy atom. The van der Waals surface area contributed by atoms with Crippen molar-refractivity contribution in [3.63, 3.8) is 0 Å². The number of rotatable bonds is 3. The smallest absolute Gasteiger partial charge is 0.0786 e. The molecule has 2 N–H and O–H groups in total. The summed E-state index contributed by atoms with van der Waals surface area (Å²) in [5.41, 5.74) is 1.93. The molecule has 4 aliphatic carbocycles. The molecule has 0 heterocycles. The normalized spacial score (nSPS) is 53.4. The van der Waals surface area contributed by atoms with Crippen LogP contribution in [0.1, 0.15) is 92.4 Å². The summed E-state index contributed by atoms with van der Waals surface area (Å²) in [7, 11) is 0. The summed E-state index contributed by atoms with van der Waals surface area (Å²) in [6, 6.07) is 0. The first-order valence-corrected chi connectivity index (χ1v) is 12.3. The van der Waals surface area contributed by atoms with E-state index in [9.17, 15) is 10.2 Å². The molecule has 4 saturated carbocycles. The van der Waals surface area contributed by atoms with Gasteiger partial charge < -0.3 is 10.2 Å². The highest BCUT2D eigenvalue weighted by molar-refractivity contribution is 5.26. The fourth-order valence-electron chi connectivity index (χ4n) is 9.11. The van der Waals surface area contributed by atoms with E-state index in [1.807, 2.05) is 0 Å². The number of fused-ring (bicyclic) bond motifs is 5. The summed E-state index contributed by atoms with van der Waals surface area (Å²) in [4.78, 5) is 0. The number of aliphatic hydroxyl groups is 2. The van der Waals surface area contributed by atoms with E-state index in [2.05, 4.69) is 40.7 Å². The monoisotopic (exact) mass is 388 g/mol. The lowest BCUT2D eigenvalue weighted by molar-refractivity contribution is -0.147. The van der Waals surface area contributed by atoms with Crippen molar-refractivity contribution in [2.45, 2.75) is 105 Å². The van der Waals surface area contributed by atoms with E-state index in [-0.39, 0.29) is 17.6 Å². The van der Waals surface area contributed by atoms with Crippen LogP contribution in [0.25, 0.3) is 0 Å². The second kappa shape index (κ2) is 7.41. The molecule has 0 bridgehead atoms. The number of aliphatic hydroxyl groups excluding tert-OH is 2. The van der Waals surface area contributed by atoms with Gasteiger partial charge >= 0.3 is 0 Å². The second-order valence-corrected chi connectivity index (χ2v) is 11.5. The average Bonchev–Trinajstić information content (AvgIpc) is 3.01. The van der Waals surface area contributed by atoms with Gasteiger partial charge in [-0.25, -0.2) is 0 Å². The molecule has 0 aliphatic heterocycles. The molecule has 0 spiro atoms. The van der Waals surface area contributed by atoms with Crippen LogP contribution in [-0.4, -0.2) is 22.4 Å². The maximum atomic E-state index is 11.6. The molecule has 4 fully saturated rings. The van der Waals surface area contributed by atoms with Gasteiger partial charge in [-0.1, -0.05) is 46.6 Å². The van der Waals surface area contributed by atoms with E-state index in [0.717, 1.165) is 31.1 Å². The first-order valence-electron chi connectivity index (χ1n) is 12.3. The predicted molar refractivity (Wildman–Crippen MR) is 116 cm³/mol. The van der Waals surface area contributed by atoms with Crippen molar-refractivity contribution in [3.05, 3.63) is 11.6 Å². The molecule has 2 heteroatoms. The molecular formula is C26H44O2. The van der Waals surface area contributed by atoms with Gasteiger partial charge in [-0.3, -0.25) is 0 Å². The van der Waals surface area contributed by atoms with E-state index in [0.29, 0.717) is 29.1 Å². The van der Waals surface area contributed by atoms with Crippen LogP contribution < -0.4 is 0 Å². The van der Waals surface area contributed by atoms with Gasteiger partial charge in [0.1, 0.15) is 0 Å². The van der Waals surface area contributed by atoms with Gasteiger partial charge in [0, 0.05) is 0 Å². The Balaban J connectivity index is 1.69. The fraction of sp³-hybridized carbons (Fsp3) is 0.923. The summed E-state index contributed by atoms with van der Waals surface area (Å²) in [6.07, 6.45) is 12.6. The average molecular weight is 389 g/mol. The fourth-order valence-corrected chi connectivity index (χ4v) is 9.11. The second-order valence-electron chi connectivity index (χ2n) is 11.5. The summed E-state index contributed by atoms with van der Waals surface area (Å²) < 4.78 is 0. The third-order valence-corrected chi connectivity index (χ3v) is 10.4. The van der Waals surface area contributed by atoms with Crippen LogP contribution in [0.4, 0.5) is 0 Å². The number of allylic oxidation sites excluding steroid dienone is 1. The van der Waals surface area contributed by atoms with Gasteiger partial charge in [-0.2, -0.15) is 0 Å². The molecule has 4 aliphatic rings. The predicted octanol–water partition coefficient (Wildman–Crippen LogP) is 5.97. The maximum absolute atomic E-state index is 11.6. The van der Waals surface area contributed by atoms with Crippen LogP contribution in [-0.2, 0) is 0 Å². The van der Waals surface area contributed by atoms with E-state index in [1.165, 1.54) is 44.1 Å². The zero-order valence-electron chi connectivity index (χ0n) is 19.0. The quantitative estimate of drug-likeness (QED) is 0.585. The van der Waals surface area contributed by atoms with Crippen LogP contribution in [0.15, 0.2) is 11.6 Å². The SMILES string of the molecule is CC=C1[C@@H](O)C2C3CC[C@H]([C@H](C)CCC)[C@@]3(C)CCC2[C@@]2(C)CC[C@@H](O)C[C@@H]12. The minimum Gasteiger partial charge on any atom is -0.393 e. The highest BCUT2D eigenvalue weighted by Crippen LogP contribution is 2.69. The Morgan fingerprint density at radius 2 is 1.71 bits per heavy atom. The van der Waals surface area contributed by atoms with E-state index < -0.39 is 0 Å². The molecule has 3 unspecified atom stereocenters. The van der Waals surface area contributed by atoms with Crippen molar-refractivity contribution in [1.82, 2.24) is 0 Å². The molecule has 0 amide bonds. The Labute approximate surface area is 173 Å². The zero-order chi connectivity index (χ0) is 20.3. The standard InChI is InChI=1S/C26H44O2/c1-6-8-16(3)19-9-10-20-23-21(12-14-25(19,20)4)26(5)13-11-17(27)15-22(26)18(7-2)24(23)28/h7,16-17,19-24,27-28H,6,8-15H2,1-5H3/t16-,17-,19-,20?,21?,22+,23?,24-,25-,26-/m1/s1. The number of hydrogen-bond donors (Lipinski definition) is 2. The lowest BCUT2D eigenvalue weighted by Gasteiger charge is -2.63. The molecule has 10 atom stereocenters. The molecule has 0 aromatic heterocycles. The third-order valence-electron chi connectivity index (χ3n) is 10.4. The first kappa shape index (κ1) is 20.9. The third kappa shape index (κ3) is 2.88. The molecule has 2 nitrogen and oxygen atoms in total. The van der Waals surface area contributed by atoms with Crippen LogP contribution in [0.5, 0.6) is 0 Å². The molecule has 4 rings (SSSR count). The van der Waals surface area contributed by atoms with Crippen molar-refractivity contribution >= 4 is 0 Å². The zero-order valence-corrected chi connectivity index (χ0v) is 19.0. The molecule has 0 saturated heterocycles. The van der Waals surface area contributed by atoms with Crippen LogP contribution in [0, 0.1) is 46.3 Å². The molecule has 0 aromatic rings. The molecular weight excluding hydrogens is 344 g/mol. The van der Waals surface area contributed by atoms with Crippen molar-refractivity contribution in [1.29, 1.82) is 0 Å². The first-order chi connectivity index (χ1) is 13.3. The highest BCUT2D eigenvalue weighted by atomic mass is 16.3. The van der Waals surface area contributed by atoms with Crippen LogP contribution in [0.2, 0.25) is 0 Å². The minimum absolute atomic E-state index is 0.184.